The molecule has 1 aliphatic heterocycles. The number of pyridine rings is 1. The van der Waals surface area contributed by atoms with Crippen LogP contribution in [0.3, 0.4) is 0 Å². The van der Waals surface area contributed by atoms with E-state index in [1.165, 1.54) is 0 Å². The number of halogens is 1. The van der Waals surface area contributed by atoms with Crippen molar-refractivity contribution in [3.05, 3.63) is 30.1 Å². The van der Waals surface area contributed by atoms with Gasteiger partial charge in [-0.1, -0.05) is 6.07 Å². The highest BCUT2D eigenvalue weighted by molar-refractivity contribution is 5.85. The van der Waals surface area contributed by atoms with Crippen molar-refractivity contribution in [3.63, 3.8) is 0 Å². The van der Waals surface area contributed by atoms with E-state index in [-0.39, 0.29) is 18.5 Å². The van der Waals surface area contributed by atoms with Gasteiger partial charge in [0.25, 0.3) is 0 Å². The average molecular weight is 229 g/mol. The molecule has 1 unspecified atom stereocenters. The lowest BCUT2D eigenvalue weighted by molar-refractivity contribution is 0.00602. The lowest BCUT2D eigenvalue weighted by atomic mass is 10.2. The molecule has 2 atom stereocenters. The second-order valence-corrected chi connectivity index (χ2v) is 3.65. The van der Waals surface area contributed by atoms with Gasteiger partial charge in [0.1, 0.15) is 0 Å². The van der Waals surface area contributed by atoms with E-state index in [0.717, 1.165) is 25.2 Å². The quantitative estimate of drug-likeness (QED) is 0.859. The zero-order valence-corrected chi connectivity index (χ0v) is 9.67. The summed E-state index contributed by atoms with van der Waals surface area (Å²) in [5.74, 6) is 0. The maximum absolute atomic E-state index is 5.87. The van der Waals surface area contributed by atoms with Crippen molar-refractivity contribution < 1.29 is 4.74 Å². The molecule has 1 N–H and O–H groups in total. The summed E-state index contributed by atoms with van der Waals surface area (Å²) in [6.45, 7) is 4.09. The Morgan fingerprint density at radius 1 is 1.53 bits per heavy atom. The SMILES string of the molecule is CC(O[C@H]1CCNC1)c1ccccn1.Cl. The highest BCUT2D eigenvalue weighted by atomic mass is 35.5. The van der Waals surface area contributed by atoms with Gasteiger partial charge >= 0.3 is 0 Å². The van der Waals surface area contributed by atoms with Gasteiger partial charge in [-0.3, -0.25) is 4.98 Å². The third kappa shape index (κ3) is 3.45. The smallest absolute Gasteiger partial charge is 0.0970 e. The highest BCUT2D eigenvalue weighted by Gasteiger charge is 2.18. The number of hydrogen-bond donors (Lipinski definition) is 1. The summed E-state index contributed by atoms with van der Waals surface area (Å²) in [5, 5.41) is 3.28. The predicted octanol–water partition coefficient (Wildman–Crippen LogP) is 1.94. The molecule has 0 bridgehead atoms. The zero-order chi connectivity index (χ0) is 9.80. The average Bonchev–Trinajstić information content (AvgIpc) is 2.72. The molecule has 0 aromatic carbocycles. The fourth-order valence-corrected chi connectivity index (χ4v) is 1.72. The third-order valence-corrected chi connectivity index (χ3v) is 2.52. The molecular weight excluding hydrogens is 212 g/mol. The minimum absolute atomic E-state index is 0. The van der Waals surface area contributed by atoms with Gasteiger partial charge in [-0.2, -0.15) is 0 Å². The minimum atomic E-state index is 0. The molecule has 0 aliphatic carbocycles. The molecule has 1 saturated heterocycles. The first-order valence-electron chi connectivity index (χ1n) is 5.13. The van der Waals surface area contributed by atoms with Crippen molar-refractivity contribution in [2.45, 2.75) is 25.6 Å². The van der Waals surface area contributed by atoms with E-state index in [9.17, 15) is 0 Å². The summed E-state index contributed by atoms with van der Waals surface area (Å²) in [5.41, 5.74) is 1.01. The van der Waals surface area contributed by atoms with Crippen molar-refractivity contribution in [2.24, 2.45) is 0 Å². The highest BCUT2D eigenvalue weighted by Crippen LogP contribution is 2.18. The largest absolute Gasteiger partial charge is 0.368 e. The van der Waals surface area contributed by atoms with E-state index >= 15 is 0 Å². The van der Waals surface area contributed by atoms with Crippen molar-refractivity contribution in [1.82, 2.24) is 10.3 Å². The minimum Gasteiger partial charge on any atom is -0.368 e. The Kier molecular flexibility index (Phi) is 5.02. The van der Waals surface area contributed by atoms with Gasteiger partial charge in [-0.25, -0.2) is 0 Å². The molecule has 0 saturated carbocycles. The Morgan fingerprint density at radius 3 is 3.00 bits per heavy atom. The molecule has 0 radical (unpaired) electrons. The summed E-state index contributed by atoms with van der Waals surface area (Å²) >= 11 is 0. The van der Waals surface area contributed by atoms with Gasteiger partial charge < -0.3 is 10.1 Å². The van der Waals surface area contributed by atoms with Crippen molar-refractivity contribution in [3.8, 4) is 0 Å². The van der Waals surface area contributed by atoms with Crippen LogP contribution in [0.15, 0.2) is 24.4 Å². The Labute approximate surface area is 96.7 Å². The molecule has 0 spiro atoms. The molecule has 1 aromatic heterocycles. The van der Waals surface area contributed by atoms with Crippen LogP contribution in [0.5, 0.6) is 0 Å². The number of hydrogen-bond acceptors (Lipinski definition) is 3. The summed E-state index contributed by atoms with van der Waals surface area (Å²) in [7, 11) is 0. The van der Waals surface area contributed by atoms with E-state index in [1.807, 2.05) is 24.4 Å². The summed E-state index contributed by atoms with van der Waals surface area (Å²) in [6.07, 6.45) is 3.37. The van der Waals surface area contributed by atoms with Gasteiger partial charge in [0.15, 0.2) is 0 Å². The number of aromatic nitrogens is 1. The predicted molar refractivity (Wildman–Crippen MR) is 62.3 cm³/mol. The van der Waals surface area contributed by atoms with Crippen LogP contribution in [0.4, 0.5) is 0 Å². The zero-order valence-electron chi connectivity index (χ0n) is 8.85. The van der Waals surface area contributed by atoms with Crippen LogP contribution in [-0.4, -0.2) is 24.2 Å². The van der Waals surface area contributed by atoms with Gasteiger partial charge in [-0.15, -0.1) is 12.4 Å². The first kappa shape index (κ1) is 12.4. The number of rotatable bonds is 3. The monoisotopic (exact) mass is 228 g/mol. The fraction of sp³-hybridized carbons (Fsp3) is 0.545. The Hall–Kier alpha value is -0.640. The van der Waals surface area contributed by atoms with Crippen LogP contribution in [-0.2, 0) is 4.74 Å². The third-order valence-electron chi connectivity index (χ3n) is 2.52. The fourth-order valence-electron chi connectivity index (χ4n) is 1.72. The van der Waals surface area contributed by atoms with E-state index in [0.29, 0.717) is 6.10 Å². The molecule has 1 aliphatic rings. The Bertz CT molecular complexity index is 275. The van der Waals surface area contributed by atoms with Gasteiger partial charge in [0.2, 0.25) is 0 Å². The van der Waals surface area contributed by atoms with E-state index in [4.69, 9.17) is 4.74 Å². The molecule has 15 heavy (non-hydrogen) atoms. The van der Waals surface area contributed by atoms with Crippen molar-refractivity contribution >= 4 is 12.4 Å². The molecule has 1 aromatic rings. The van der Waals surface area contributed by atoms with Crippen molar-refractivity contribution in [2.75, 3.05) is 13.1 Å². The molecule has 3 nitrogen and oxygen atoms in total. The van der Waals surface area contributed by atoms with Gasteiger partial charge in [-0.05, 0) is 32.0 Å². The molecular formula is C11H17ClN2O. The van der Waals surface area contributed by atoms with Crippen LogP contribution in [0.2, 0.25) is 0 Å². The number of nitrogens with one attached hydrogen (secondary N) is 1. The van der Waals surface area contributed by atoms with Crippen LogP contribution in [0.25, 0.3) is 0 Å². The van der Waals surface area contributed by atoms with Gasteiger partial charge in [0.05, 0.1) is 17.9 Å². The standard InChI is InChI=1S/C11H16N2O.ClH/c1-9(11-4-2-3-6-13-11)14-10-5-7-12-8-10;/h2-4,6,9-10,12H,5,7-8H2,1H3;1H/t9?,10-;/m0./s1. The number of ether oxygens (including phenoxy) is 1. The van der Waals surface area contributed by atoms with Crippen molar-refractivity contribution in [1.29, 1.82) is 0 Å². The van der Waals surface area contributed by atoms with Crippen LogP contribution in [0.1, 0.15) is 25.1 Å². The van der Waals surface area contributed by atoms with Gasteiger partial charge in [0, 0.05) is 12.7 Å². The summed E-state index contributed by atoms with van der Waals surface area (Å²) in [6, 6.07) is 5.93. The maximum atomic E-state index is 5.87. The lowest BCUT2D eigenvalue weighted by Gasteiger charge is -2.17. The summed E-state index contributed by atoms with van der Waals surface area (Å²) < 4.78 is 5.87. The second kappa shape index (κ2) is 6.05. The topological polar surface area (TPSA) is 34.1 Å². The van der Waals surface area contributed by atoms with E-state index in [1.54, 1.807) is 0 Å². The van der Waals surface area contributed by atoms with E-state index in [2.05, 4.69) is 17.2 Å². The molecule has 0 amide bonds. The first-order valence-corrected chi connectivity index (χ1v) is 5.13. The lowest BCUT2D eigenvalue weighted by Crippen LogP contribution is -2.18. The Morgan fingerprint density at radius 2 is 2.40 bits per heavy atom. The molecule has 2 rings (SSSR count). The second-order valence-electron chi connectivity index (χ2n) is 3.65. The van der Waals surface area contributed by atoms with E-state index < -0.39 is 0 Å². The normalized spacial score (nSPS) is 22.1. The maximum Gasteiger partial charge on any atom is 0.0970 e. The molecule has 1 fully saturated rings. The summed E-state index contributed by atoms with van der Waals surface area (Å²) in [4.78, 5) is 4.28. The van der Waals surface area contributed by atoms with Crippen LogP contribution < -0.4 is 5.32 Å². The first-order chi connectivity index (χ1) is 6.86. The van der Waals surface area contributed by atoms with Crippen LogP contribution in [0, 0.1) is 0 Å². The number of nitrogens with zero attached hydrogens (tertiary/aromatic N) is 1. The molecule has 84 valence electrons. The molecule has 2 heterocycles. The Balaban J connectivity index is 0.00000112. The van der Waals surface area contributed by atoms with Crippen LogP contribution >= 0.6 is 12.4 Å². The molecule has 4 heteroatoms.